The van der Waals surface area contributed by atoms with E-state index in [9.17, 15) is 25.1 Å². The van der Waals surface area contributed by atoms with Crippen LogP contribution < -0.4 is 10.5 Å². The Kier molecular flexibility index (Phi) is 6.47. The minimum absolute atomic E-state index is 0.0912. The fourth-order valence-electron chi connectivity index (χ4n) is 2.32. The quantitative estimate of drug-likeness (QED) is 0.360. The maximum atomic E-state index is 11.7. The molecule has 140 valence electrons. The fourth-order valence-corrected chi connectivity index (χ4v) is 2.32. The molecule has 0 bridgehead atoms. The van der Waals surface area contributed by atoms with Crippen LogP contribution in [0.4, 0.5) is 5.69 Å². The van der Waals surface area contributed by atoms with Gasteiger partial charge in [-0.1, -0.05) is 20.8 Å². The second-order valence-electron chi connectivity index (χ2n) is 6.76. The van der Waals surface area contributed by atoms with Gasteiger partial charge in [-0.05, 0) is 11.5 Å². The molecule has 0 saturated heterocycles. The summed E-state index contributed by atoms with van der Waals surface area (Å²) in [7, 11) is 1.39. The molecule has 9 nitrogen and oxygen atoms in total. The topological polar surface area (TPSA) is 145 Å². The molecular weight excluding hydrogens is 332 g/mol. The molecule has 0 amide bonds. The van der Waals surface area contributed by atoms with Gasteiger partial charge in [0, 0.05) is 24.7 Å². The molecule has 1 aromatic rings. The van der Waals surface area contributed by atoms with Crippen LogP contribution >= 0.6 is 0 Å². The van der Waals surface area contributed by atoms with Crippen molar-refractivity contribution < 1.29 is 29.4 Å². The van der Waals surface area contributed by atoms with Crippen LogP contribution in [0.15, 0.2) is 12.1 Å². The highest BCUT2D eigenvalue weighted by Crippen LogP contribution is 2.36. The minimum Gasteiger partial charge on any atom is -0.480 e. The zero-order valence-electron chi connectivity index (χ0n) is 14.7. The third-order valence-electron chi connectivity index (χ3n) is 4.15. The van der Waals surface area contributed by atoms with Crippen molar-refractivity contribution in [3.63, 3.8) is 0 Å². The minimum atomic E-state index is -1.74. The van der Waals surface area contributed by atoms with E-state index in [1.807, 2.05) is 0 Å². The van der Waals surface area contributed by atoms with Crippen molar-refractivity contribution in [2.75, 3.05) is 13.9 Å². The Hall–Kier alpha value is -2.23. The van der Waals surface area contributed by atoms with E-state index in [0.717, 1.165) is 6.07 Å². The van der Waals surface area contributed by atoms with Crippen LogP contribution in [0.3, 0.4) is 0 Å². The lowest BCUT2D eigenvalue weighted by atomic mass is 9.70. The van der Waals surface area contributed by atoms with Crippen LogP contribution in [0, 0.1) is 15.5 Å². The van der Waals surface area contributed by atoms with Crippen LogP contribution in [-0.2, 0) is 22.6 Å². The van der Waals surface area contributed by atoms with Crippen LogP contribution in [0.5, 0.6) is 5.75 Å². The number of aliphatic hydroxyl groups excluding tert-OH is 1. The molecule has 9 heteroatoms. The van der Waals surface area contributed by atoms with Crippen molar-refractivity contribution in [3.8, 4) is 5.75 Å². The van der Waals surface area contributed by atoms with Gasteiger partial charge in [0.15, 0.2) is 6.79 Å². The second kappa shape index (κ2) is 7.77. The molecule has 1 unspecified atom stereocenters. The zero-order chi connectivity index (χ0) is 19.4. The molecule has 0 fully saturated rings. The summed E-state index contributed by atoms with van der Waals surface area (Å²) in [5.41, 5.74) is 3.55. The molecule has 0 radical (unpaired) electrons. The first-order chi connectivity index (χ1) is 11.5. The molecule has 0 aromatic heterocycles. The lowest BCUT2D eigenvalue weighted by Gasteiger charge is -2.37. The Labute approximate surface area is 145 Å². The maximum absolute atomic E-state index is 11.7. The predicted octanol–water partition coefficient (Wildman–Crippen LogP) is 1.44. The number of nitro groups is 1. The van der Waals surface area contributed by atoms with Gasteiger partial charge >= 0.3 is 5.97 Å². The standard InChI is InChI=1S/C16H24N2O7/c1-15(2,3)16(17,14(20)21)7-10-5-11(8-19)13(25-9-24-4)6-12(10)18(22)23/h5-6,19H,7-9,17H2,1-4H3,(H,20,21). The van der Waals surface area contributed by atoms with Gasteiger partial charge < -0.3 is 25.4 Å². The summed E-state index contributed by atoms with van der Waals surface area (Å²) >= 11 is 0. The van der Waals surface area contributed by atoms with E-state index in [2.05, 4.69) is 0 Å². The zero-order valence-corrected chi connectivity index (χ0v) is 14.7. The molecular formula is C16H24N2O7. The van der Waals surface area contributed by atoms with Crippen LogP contribution in [-0.4, -0.2) is 40.5 Å². The normalized spacial score (nSPS) is 14.0. The third kappa shape index (κ3) is 4.44. The van der Waals surface area contributed by atoms with Gasteiger partial charge in [0.1, 0.15) is 11.3 Å². The molecule has 25 heavy (non-hydrogen) atoms. The monoisotopic (exact) mass is 356 g/mol. The molecule has 0 spiro atoms. The summed E-state index contributed by atoms with van der Waals surface area (Å²) in [5, 5.41) is 30.5. The van der Waals surface area contributed by atoms with Crippen LogP contribution in [0.25, 0.3) is 0 Å². The molecule has 1 atom stereocenters. The molecule has 0 aliphatic carbocycles. The van der Waals surface area contributed by atoms with E-state index in [4.69, 9.17) is 15.2 Å². The Morgan fingerprint density at radius 2 is 1.92 bits per heavy atom. The van der Waals surface area contributed by atoms with Crippen molar-refractivity contribution in [2.45, 2.75) is 39.3 Å². The van der Waals surface area contributed by atoms with Gasteiger partial charge in [0.25, 0.3) is 5.69 Å². The number of ether oxygens (including phenoxy) is 2. The summed E-state index contributed by atoms with van der Waals surface area (Å²) in [4.78, 5) is 22.5. The number of hydrogen-bond acceptors (Lipinski definition) is 7. The van der Waals surface area contributed by atoms with Gasteiger partial charge in [0.2, 0.25) is 0 Å². The summed E-state index contributed by atoms with van der Waals surface area (Å²) in [6.45, 7) is 4.35. The smallest absolute Gasteiger partial charge is 0.324 e. The second-order valence-corrected chi connectivity index (χ2v) is 6.76. The van der Waals surface area contributed by atoms with Gasteiger partial charge in [0.05, 0.1) is 17.6 Å². The number of methoxy groups -OCH3 is 1. The molecule has 0 aliphatic heterocycles. The third-order valence-corrected chi connectivity index (χ3v) is 4.15. The lowest BCUT2D eigenvalue weighted by Crippen LogP contribution is -2.59. The fraction of sp³-hybridized carbons (Fsp3) is 0.562. The Morgan fingerprint density at radius 3 is 2.32 bits per heavy atom. The van der Waals surface area contributed by atoms with Crippen LogP contribution in [0.2, 0.25) is 0 Å². The average Bonchev–Trinajstić information content (AvgIpc) is 2.51. The highest BCUT2D eigenvalue weighted by Gasteiger charge is 2.46. The van der Waals surface area contributed by atoms with Gasteiger partial charge in [-0.25, -0.2) is 0 Å². The van der Waals surface area contributed by atoms with Crippen molar-refractivity contribution in [1.29, 1.82) is 0 Å². The highest BCUT2D eigenvalue weighted by molar-refractivity contribution is 5.80. The van der Waals surface area contributed by atoms with Crippen molar-refractivity contribution in [1.82, 2.24) is 0 Å². The first-order valence-electron chi connectivity index (χ1n) is 7.53. The number of carboxylic acid groups (broad SMARTS) is 1. The average molecular weight is 356 g/mol. The largest absolute Gasteiger partial charge is 0.480 e. The van der Waals surface area contributed by atoms with Crippen molar-refractivity contribution in [3.05, 3.63) is 33.4 Å². The number of rotatable bonds is 8. The Morgan fingerprint density at radius 1 is 1.32 bits per heavy atom. The first kappa shape index (κ1) is 20.8. The molecule has 4 N–H and O–H groups in total. The molecule has 1 rings (SSSR count). The van der Waals surface area contributed by atoms with E-state index in [-0.39, 0.29) is 35.8 Å². The summed E-state index contributed by atoms with van der Waals surface area (Å²) in [6.07, 6.45) is -0.278. The number of nitrogens with two attached hydrogens (primary N) is 1. The van der Waals surface area contributed by atoms with Gasteiger partial charge in [-0.2, -0.15) is 0 Å². The number of hydrogen-bond donors (Lipinski definition) is 3. The van der Waals surface area contributed by atoms with Gasteiger partial charge in [-0.15, -0.1) is 0 Å². The number of carboxylic acids is 1. The lowest BCUT2D eigenvalue weighted by molar-refractivity contribution is -0.385. The Balaban J connectivity index is 3.47. The van der Waals surface area contributed by atoms with E-state index in [1.165, 1.54) is 13.2 Å². The van der Waals surface area contributed by atoms with Crippen molar-refractivity contribution in [2.24, 2.45) is 11.1 Å². The van der Waals surface area contributed by atoms with E-state index >= 15 is 0 Å². The summed E-state index contributed by atoms with van der Waals surface area (Å²) < 4.78 is 9.99. The molecule has 0 saturated carbocycles. The molecule has 0 aliphatic rings. The summed E-state index contributed by atoms with van der Waals surface area (Å²) in [6, 6.07) is 2.49. The first-order valence-corrected chi connectivity index (χ1v) is 7.53. The number of aliphatic hydroxyl groups is 1. The summed E-state index contributed by atoms with van der Waals surface area (Å²) in [5.74, 6) is -1.17. The number of carbonyl (C=O) groups is 1. The van der Waals surface area contributed by atoms with E-state index in [1.54, 1.807) is 20.8 Å². The number of nitrogens with zero attached hydrogens (tertiary/aromatic N) is 1. The highest BCUT2D eigenvalue weighted by atomic mass is 16.7. The number of benzene rings is 1. The van der Waals surface area contributed by atoms with Gasteiger partial charge in [-0.3, -0.25) is 14.9 Å². The molecule has 1 aromatic carbocycles. The predicted molar refractivity (Wildman–Crippen MR) is 89.2 cm³/mol. The number of aliphatic carboxylic acids is 1. The Bertz CT molecular complexity index is 655. The molecule has 0 heterocycles. The van der Waals surface area contributed by atoms with Crippen molar-refractivity contribution >= 4 is 11.7 Å². The van der Waals surface area contributed by atoms with E-state index < -0.39 is 28.5 Å². The maximum Gasteiger partial charge on any atom is 0.324 e. The number of nitro benzene ring substituents is 1. The SMILES string of the molecule is COCOc1cc([N+](=O)[O-])c(CC(N)(C(=O)O)C(C)(C)C)cc1CO. The van der Waals surface area contributed by atoms with E-state index in [0.29, 0.717) is 0 Å². The van der Waals surface area contributed by atoms with Crippen LogP contribution in [0.1, 0.15) is 31.9 Å².